The van der Waals surface area contributed by atoms with Crippen molar-refractivity contribution in [3.63, 3.8) is 0 Å². The maximum atomic E-state index is 11.1. The number of nitrogens with zero attached hydrogens (tertiary/aromatic N) is 1. The van der Waals surface area contributed by atoms with E-state index in [2.05, 4.69) is 17.0 Å². The van der Waals surface area contributed by atoms with Crippen molar-refractivity contribution >= 4 is 0 Å². The summed E-state index contributed by atoms with van der Waals surface area (Å²) >= 11 is 0. The molecule has 0 bridgehead atoms. The van der Waals surface area contributed by atoms with Gasteiger partial charge in [0.05, 0.1) is 25.9 Å². The molecule has 2 atom stereocenters. The standard InChI is InChI=1S/C21H27NO3/c1-2-25-19-10-8-18(9-11-19)21(23)20(17-6-4-3-5-7-17)16-22-12-14-24-15-13-22/h3-11,20-21,23H,2,12-16H2,1H3/t20-,21-/m0/s1. The quantitative estimate of drug-likeness (QED) is 0.839. The first kappa shape index (κ1) is 17.9. The minimum Gasteiger partial charge on any atom is -0.494 e. The molecule has 0 amide bonds. The van der Waals surface area contributed by atoms with Gasteiger partial charge in [0.2, 0.25) is 0 Å². The molecule has 0 spiro atoms. The van der Waals surface area contributed by atoms with Crippen molar-refractivity contribution in [1.82, 2.24) is 4.90 Å². The van der Waals surface area contributed by atoms with Crippen LogP contribution >= 0.6 is 0 Å². The number of aliphatic hydroxyl groups is 1. The Bertz CT molecular complexity index is 623. The Kier molecular flexibility index (Phi) is 6.45. The first-order valence-corrected chi connectivity index (χ1v) is 9.04. The Hall–Kier alpha value is -1.88. The van der Waals surface area contributed by atoms with Crippen LogP contribution in [0.1, 0.15) is 30.1 Å². The molecule has 1 heterocycles. The van der Waals surface area contributed by atoms with E-state index in [-0.39, 0.29) is 5.92 Å². The summed E-state index contributed by atoms with van der Waals surface area (Å²) in [6.45, 7) is 6.80. The van der Waals surface area contributed by atoms with Crippen LogP contribution in [0.3, 0.4) is 0 Å². The maximum absolute atomic E-state index is 11.1. The second kappa shape index (κ2) is 8.99. The van der Waals surface area contributed by atoms with E-state index >= 15 is 0 Å². The highest BCUT2D eigenvalue weighted by Crippen LogP contribution is 2.32. The Balaban J connectivity index is 1.79. The molecule has 3 rings (SSSR count). The molecule has 1 N–H and O–H groups in total. The lowest BCUT2D eigenvalue weighted by atomic mass is 9.88. The van der Waals surface area contributed by atoms with Gasteiger partial charge in [-0.3, -0.25) is 4.90 Å². The third-order valence-corrected chi connectivity index (χ3v) is 4.70. The van der Waals surface area contributed by atoms with Crippen molar-refractivity contribution in [2.75, 3.05) is 39.5 Å². The molecule has 1 aliphatic heterocycles. The molecular formula is C21H27NO3. The van der Waals surface area contributed by atoms with E-state index in [1.165, 1.54) is 0 Å². The van der Waals surface area contributed by atoms with Crippen LogP contribution in [0.4, 0.5) is 0 Å². The van der Waals surface area contributed by atoms with E-state index in [4.69, 9.17) is 9.47 Å². The summed E-state index contributed by atoms with van der Waals surface area (Å²) < 4.78 is 11.0. The Morgan fingerprint density at radius 2 is 1.68 bits per heavy atom. The molecule has 1 aliphatic rings. The van der Waals surface area contributed by atoms with Crippen molar-refractivity contribution in [2.24, 2.45) is 0 Å². The molecule has 4 nitrogen and oxygen atoms in total. The predicted molar refractivity (Wildman–Crippen MR) is 99.0 cm³/mol. The second-order valence-corrected chi connectivity index (χ2v) is 6.38. The maximum Gasteiger partial charge on any atom is 0.119 e. The monoisotopic (exact) mass is 341 g/mol. The van der Waals surface area contributed by atoms with E-state index < -0.39 is 6.10 Å². The summed E-state index contributed by atoms with van der Waals surface area (Å²) in [4.78, 5) is 2.37. The van der Waals surface area contributed by atoms with E-state index in [1.807, 2.05) is 49.4 Å². The van der Waals surface area contributed by atoms with Crippen LogP contribution in [0.15, 0.2) is 54.6 Å². The SMILES string of the molecule is CCOc1ccc([C@H](O)[C@@H](CN2CCOCC2)c2ccccc2)cc1. The van der Waals surface area contributed by atoms with E-state index in [0.717, 1.165) is 49.7 Å². The highest BCUT2D eigenvalue weighted by molar-refractivity contribution is 5.32. The van der Waals surface area contributed by atoms with Crippen molar-refractivity contribution in [2.45, 2.75) is 18.9 Å². The third-order valence-electron chi connectivity index (χ3n) is 4.70. The molecule has 0 saturated carbocycles. The van der Waals surface area contributed by atoms with Gasteiger partial charge in [-0.15, -0.1) is 0 Å². The fraction of sp³-hybridized carbons (Fsp3) is 0.429. The summed E-state index contributed by atoms with van der Waals surface area (Å²) in [5.74, 6) is 0.861. The highest BCUT2D eigenvalue weighted by atomic mass is 16.5. The largest absolute Gasteiger partial charge is 0.494 e. The van der Waals surface area contributed by atoms with Crippen molar-refractivity contribution in [3.8, 4) is 5.75 Å². The van der Waals surface area contributed by atoms with Gasteiger partial charge in [-0.2, -0.15) is 0 Å². The van der Waals surface area contributed by atoms with Gasteiger partial charge in [-0.05, 0) is 30.2 Å². The van der Waals surface area contributed by atoms with E-state index in [0.29, 0.717) is 6.61 Å². The molecule has 1 fully saturated rings. The molecule has 25 heavy (non-hydrogen) atoms. The van der Waals surface area contributed by atoms with Crippen LogP contribution < -0.4 is 4.74 Å². The Morgan fingerprint density at radius 3 is 2.32 bits per heavy atom. The van der Waals surface area contributed by atoms with Gasteiger partial charge in [0, 0.05) is 25.6 Å². The zero-order valence-corrected chi connectivity index (χ0v) is 14.8. The summed E-state index contributed by atoms with van der Waals surface area (Å²) in [7, 11) is 0. The number of ether oxygens (including phenoxy) is 2. The first-order valence-electron chi connectivity index (χ1n) is 9.04. The van der Waals surface area contributed by atoms with Crippen LogP contribution in [-0.2, 0) is 4.74 Å². The number of hydrogen-bond acceptors (Lipinski definition) is 4. The number of morpholine rings is 1. The van der Waals surface area contributed by atoms with Gasteiger partial charge in [-0.25, -0.2) is 0 Å². The van der Waals surface area contributed by atoms with Gasteiger partial charge in [0.25, 0.3) is 0 Å². The van der Waals surface area contributed by atoms with Gasteiger partial charge in [-0.1, -0.05) is 42.5 Å². The van der Waals surface area contributed by atoms with Crippen molar-refractivity contribution < 1.29 is 14.6 Å². The summed E-state index contributed by atoms with van der Waals surface area (Å²) in [6, 6.07) is 18.1. The molecule has 0 unspecified atom stereocenters. The van der Waals surface area contributed by atoms with Crippen molar-refractivity contribution in [3.05, 3.63) is 65.7 Å². The summed E-state index contributed by atoms with van der Waals surface area (Å²) in [5.41, 5.74) is 2.08. The Labute approximate surface area is 150 Å². The number of aliphatic hydroxyl groups excluding tert-OH is 1. The van der Waals surface area contributed by atoms with Crippen LogP contribution in [0.25, 0.3) is 0 Å². The zero-order chi connectivity index (χ0) is 17.5. The van der Waals surface area contributed by atoms with Gasteiger partial charge >= 0.3 is 0 Å². The normalized spacial score (nSPS) is 17.8. The third kappa shape index (κ3) is 4.82. The van der Waals surface area contributed by atoms with Crippen LogP contribution in [0.2, 0.25) is 0 Å². The van der Waals surface area contributed by atoms with E-state index in [9.17, 15) is 5.11 Å². The lowest BCUT2D eigenvalue weighted by molar-refractivity contribution is 0.0240. The minimum absolute atomic E-state index is 0.0252. The number of hydrogen-bond donors (Lipinski definition) is 1. The van der Waals surface area contributed by atoms with Gasteiger partial charge < -0.3 is 14.6 Å². The molecule has 0 aromatic heterocycles. The fourth-order valence-corrected chi connectivity index (χ4v) is 3.31. The molecule has 2 aromatic rings. The summed E-state index contributed by atoms with van der Waals surface area (Å²) in [6.07, 6.45) is -0.555. The molecule has 1 saturated heterocycles. The van der Waals surface area contributed by atoms with Gasteiger partial charge in [0.1, 0.15) is 5.75 Å². The van der Waals surface area contributed by atoms with E-state index in [1.54, 1.807) is 0 Å². The zero-order valence-electron chi connectivity index (χ0n) is 14.8. The molecular weight excluding hydrogens is 314 g/mol. The second-order valence-electron chi connectivity index (χ2n) is 6.38. The smallest absolute Gasteiger partial charge is 0.119 e. The predicted octanol–water partition coefficient (Wildman–Crippen LogP) is 3.23. The fourth-order valence-electron chi connectivity index (χ4n) is 3.31. The summed E-state index contributed by atoms with van der Waals surface area (Å²) in [5, 5.41) is 11.1. The average molecular weight is 341 g/mol. The highest BCUT2D eigenvalue weighted by Gasteiger charge is 2.26. The Morgan fingerprint density at radius 1 is 1.00 bits per heavy atom. The molecule has 0 aliphatic carbocycles. The lowest BCUT2D eigenvalue weighted by Crippen LogP contribution is -2.39. The molecule has 134 valence electrons. The van der Waals surface area contributed by atoms with Crippen LogP contribution in [0, 0.1) is 0 Å². The molecule has 2 aromatic carbocycles. The minimum atomic E-state index is -0.555. The first-order chi connectivity index (χ1) is 12.3. The van der Waals surface area contributed by atoms with Crippen LogP contribution in [0.5, 0.6) is 5.75 Å². The van der Waals surface area contributed by atoms with Gasteiger partial charge in [0.15, 0.2) is 0 Å². The number of rotatable bonds is 7. The van der Waals surface area contributed by atoms with Crippen LogP contribution in [-0.4, -0.2) is 49.5 Å². The molecule has 4 heteroatoms. The lowest BCUT2D eigenvalue weighted by Gasteiger charge is -2.33. The average Bonchev–Trinajstić information content (AvgIpc) is 2.68. The molecule has 0 radical (unpaired) electrons. The number of benzene rings is 2. The van der Waals surface area contributed by atoms with Crippen molar-refractivity contribution in [1.29, 1.82) is 0 Å². The topological polar surface area (TPSA) is 41.9 Å².